The Morgan fingerprint density at radius 2 is 1.89 bits per heavy atom. The molecule has 18 heavy (non-hydrogen) atoms. The van der Waals surface area contributed by atoms with Gasteiger partial charge in [-0.05, 0) is 58.6 Å². The fourth-order valence-corrected chi connectivity index (χ4v) is 1.75. The zero-order chi connectivity index (χ0) is 13.4. The summed E-state index contributed by atoms with van der Waals surface area (Å²) in [5.74, 6) is 0.967. The van der Waals surface area contributed by atoms with Crippen molar-refractivity contribution >= 4 is 0 Å². The first-order valence-electron chi connectivity index (χ1n) is 6.65. The van der Waals surface area contributed by atoms with Crippen LogP contribution >= 0.6 is 0 Å². The van der Waals surface area contributed by atoms with Gasteiger partial charge >= 0.3 is 0 Å². The Morgan fingerprint density at radius 3 is 2.44 bits per heavy atom. The van der Waals surface area contributed by atoms with Crippen molar-refractivity contribution in [2.45, 2.75) is 25.8 Å². The molecule has 0 aliphatic heterocycles. The smallest absolute Gasteiger partial charge is 0.119 e. The third-order valence-corrected chi connectivity index (χ3v) is 2.98. The van der Waals surface area contributed by atoms with Gasteiger partial charge in [-0.2, -0.15) is 0 Å². The Labute approximate surface area is 111 Å². The second kappa shape index (κ2) is 8.11. The number of benzene rings is 1. The predicted octanol–water partition coefficient (Wildman–Crippen LogP) is 2.17. The molecule has 1 aromatic rings. The number of hydrogen-bond donors (Lipinski definition) is 1. The number of hydrogen-bond acceptors (Lipinski definition) is 3. The lowest BCUT2D eigenvalue weighted by Gasteiger charge is -2.12. The van der Waals surface area contributed by atoms with Crippen molar-refractivity contribution < 1.29 is 4.74 Å². The molecule has 1 rings (SSSR count). The van der Waals surface area contributed by atoms with Crippen LogP contribution in [0.25, 0.3) is 0 Å². The topological polar surface area (TPSA) is 24.5 Å². The minimum Gasteiger partial charge on any atom is -0.494 e. The van der Waals surface area contributed by atoms with E-state index < -0.39 is 0 Å². The zero-order valence-corrected chi connectivity index (χ0v) is 12.1. The number of likely N-dealkylation sites (N-methyl/N-ethyl adjacent to an activating group) is 1. The highest BCUT2D eigenvalue weighted by Gasteiger charge is 2.01. The highest BCUT2D eigenvalue weighted by Crippen LogP contribution is 2.13. The number of rotatable bonds is 8. The molecule has 3 nitrogen and oxygen atoms in total. The molecule has 1 aromatic carbocycles. The number of ether oxygens (including phenoxy) is 1. The summed E-state index contributed by atoms with van der Waals surface area (Å²) in [6.07, 6.45) is 2.11. The Morgan fingerprint density at radius 1 is 1.22 bits per heavy atom. The van der Waals surface area contributed by atoms with Crippen molar-refractivity contribution in [3.8, 4) is 5.75 Å². The second-order valence-corrected chi connectivity index (χ2v) is 5.04. The average molecular weight is 250 g/mol. The molecule has 0 saturated heterocycles. The summed E-state index contributed by atoms with van der Waals surface area (Å²) in [6.45, 7) is 4.04. The van der Waals surface area contributed by atoms with Gasteiger partial charge in [0.15, 0.2) is 0 Å². The Hall–Kier alpha value is -1.06. The molecule has 0 heterocycles. The maximum absolute atomic E-state index is 5.70. The molecule has 0 aromatic heterocycles. The first-order valence-corrected chi connectivity index (χ1v) is 6.65. The van der Waals surface area contributed by atoms with Gasteiger partial charge < -0.3 is 15.0 Å². The van der Waals surface area contributed by atoms with Crippen molar-refractivity contribution in [2.75, 3.05) is 34.3 Å². The van der Waals surface area contributed by atoms with Gasteiger partial charge in [-0.1, -0.05) is 12.1 Å². The largest absolute Gasteiger partial charge is 0.494 e. The summed E-state index contributed by atoms with van der Waals surface area (Å²) in [7, 11) is 6.16. The van der Waals surface area contributed by atoms with Crippen molar-refractivity contribution in [1.82, 2.24) is 10.2 Å². The molecule has 0 fully saturated rings. The van der Waals surface area contributed by atoms with Crippen LogP contribution in [0.4, 0.5) is 0 Å². The van der Waals surface area contributed by atoms with E-state index >= 15 is 0 Å². The molecule has 0 aliphatic rings. The maximum Gasteiger partial charge on any atom is 0.119 e. The van der Waals surface area contributed by atoms with Crippen molar-refractivity contribution in [3.05, 3.63) is 29.8 Å². The summed E-state index contributed by atoms with van der Waals surface area (Å²) in [4.78, 5) is 2.17. The molecule has 0 bridgehead atoms. The second-order valence-electron chi connectivity index (χ2n) is 5.04. The average Bonchev–Trinajstić information content (AvgIpc) is 2.36. The molecule has 0 radical (unpaired) electrons. The van der Waals surface area contributed by atoms with Crippen LogP contribution in [0, 0.1) is 0 Å². The normalized spacial score (nSPS) is 12.7. The molecule has 1 atom stereocenters. The molecule has 0 spiro atoms. The van der Waals surface area contributed by atoms with Crippen LogP contribution in [0.15, 0.2) is 24.3 Å². The van der Waals surface area contributed by atoms with E-state index in [1.807, 2.05) is 7.05 Å². The first-order chi connectivity index (χ1) is 8.61. The van der Waals surface area contributed by atoms with Gasteiger partial charge in [0, 0.05) is 12.6 Å². The van der Waals surface area contributed by atoms with E-state index in [2.05, 4.69) is 55.5 Å². The fourth-order valence-electron chi connectivity index (χ4n) is 1.75. The highest BCUT2D eigenvalue weighted by molar-refractivity contribution is 5.27. The highest BCUT2D eigenvalue weighted by atomic mass is 16.5. The van der Waals surface area contributed by atoms with Crippen molar-refractivity contribution in [1.29, 1.82) is 0 Å². The molecule has 0 aliphatic carbocycles. The molecule has 0 saturated carbocycles. The van der Waals surface area contributed by atoms with Crippen LogP contribution in [-0.4, -0.2) is 45.2 Å². The SMILES string of the molecule is CNC(C)Cc1ccc(OCCCN(C)C)cc1. The van der Waals surface area contributed by atoms with Crippen LogP contribution in [0.2, 0.25) is 0 Å². The van der Waals surface area contributed by atoms with E-state index in [9.17, 15) is 0 Å². The van der Waals surface area contributed by atoms with Crippen molar-refractivity contribution in [3.63, 3.8) is 0 Å². The molecular formula is C15H26N2O. The van der Waals surface area contributed by atoms with Gasteiger partial charge in [0.05, 0.1) is 6.61 Å². The zero-order valence-electron chi connectivity index (χ0n) is 12.1. The van der Waals surface area contributed by atoms with E-state index in [1.54, 1.807) is 0 Å². The lowest BCUT2D eigenvalue weighted by atomic mass is 10.1. The number of nitrogens with zero attached hydrogens (tertiary/aromatic N) is 1. The summed E-state index contributed by atoms with van der Waals surface area (Å²) in [6, 6.07) is 8.93. The first kappa shape index (κ1) is 15.0. The van der Waals surface area contributed by atoms with E-state index in [4.69, 9.17) is 4.74 Å². The van der Waals surface area contributed by atoms with Crippen LogP contribution in [0.1, 0.15) is 18.9 Å². The minimum absolute atomic E-state index is 0.511. The molecule has 102 valence electrons. The summed E-state index contributed by atoms with van der Waals surface area (Å²) in [5, 5.41) is 3.24. The van der Waals surface area contributed by atoms with Crippen LogP contribution in [0.3, 0.4) is 0 Å². The van der Waals surface area contributed by atoms with Gasteiger partial charge in [-0.3, -0.25) is 0 Å². The standard InChI is InChI=1S/C15H26N2O/c1-13(16-2)12-14-6-8-15(9-7-14)18-11-5-10-17(3)4/h6-9,13,16H,5,10-12H2,1-4H3. The lowest BCUT2D eigenvalue weighted by Crippen LogP contribution is -2.23. The minimum atomic E-state index is 0.511. The molecular weight excluding hydrogens is 224 g/mol. The molecule has 1 N–H and O–H groups in total. The van der Waals surface area contributed by atoms with E-state index in [1.165, 1.54) is 5.56 Å². The number of nitrogens with one attached hydrogen (secondary N) is 1. The van der Waals surface area contributed by atoms with Gasteiger partial charge in [0.2, 0.25) is 0 Å². The summed E-state index contributed by atoms with van der Waals surface area (Å²) < 4.78 is 5.70. The third-order valence-electron chi connectivity index (χ3n) is 2.98. The van der Waals surface area contributed by atoms with Crippen LogP contribution in [-0.2, 0) is 6.42 Å². The third kappa shape index (κ3) is 6.03. The van der Waals surface area contributed by atoms with Gasteiger partial charge in [0.25, 0.3) is 0 Å². The Balaban J connectivity index is 2.31. The molecule has 0 amide bonds. The van der Waals surface area contributed by atoms with E-state index in [-0.39, 0.29) is 0 Å². The van der Waals surface area contributed by atoms with Gasteiger partial charge in [0.1, 0.15) is 5.75 Å². The van der Waals surface area contributed by atoms with Crippen molar-refractivity contribution in [2.24, 2.45) is 0 Å². The maximum atomic E-state index is 5.70. The summed E-state index contributed by atoms with van der Waals surface area (Å²) >= 11 is 0. The lowest BCUT2D eigenvalue weighted by molar-refractivity contribution is 0.281. The van der Waals surface area contributed by atoms with E-state index in [0.717, 1.165) is 31.7 Å². The Kier molecular flexibility index (Phi) is 6.76. The van der Waals surface area contributed by atoms with E-state index in [0.29, 0.717) is 6.04 Å². The predicted molar refractivity (Wildman–Crippen MR) is 77.3 cm³/mol. The summed E-state index contributed by atoms with van der Waals surface area (Å²) in [5.41, 5.74) is 1.34. The molecule has 3 heteroatoms. The Bertz CT molecular complexity index is 322. The fraction of sp³-hybridized carbons (Fsp3) is 0.600. The van der Waals surface area contributed by atoms with Crippen LogP contribution < -0.4 is 10.1 Å². The quantitative estimate of drug-likeness (QED) is 0.716. The van der Waals surface area contributed by atoms with Crippen LogP contribution in [0.5, 0.6) is 5.75 Å². The van der Waals surface area contributed by atoms with Gasteiger partial charge in [-0.15, -0.1) is 0 Å². The molecule has 1 unspecified atom stereocenters. The monoisotopic (exact) mass is 250 g/mol. The van der Waals surface area contributed by atoms with Gasteiger partial charge in [-0.25, -0.2) is 0 Å².